The topological polar surface area (TPSA) is 108 Å². The van der Waals surface area contributed by atoms with Gasteiger partial charge < -0.3 is 11.5 Å². The minimum absolute atomic E-state index is 0.268. The van der Waals surface area contributed by atoms with E-state index in [2.05, 4.69) is 15.0 Å². The van der Waals surface area contributed by atoms with E-state index in [0.717, 1.165) is 5.56 Å². The van der Waals surface area contributed by atoms with Gasteiger partial charge in [0.2, 0.25) is 0 Å². The zero-order valence-electron chi connectivity index (χ0n) is 9.62. The van der Waals surface area contributed by atoms with E-state index in [1.807, 2.05) is 6.92 Å². The molecule has 92 valence electrons. The SMILES string of the molecule is Cc1cnc(Sc2ncc(N)cc2C(N)=O)nc1. The van der Waals surface area contributed by atoms with Gasteiger partial charge in [0.1, 0.15) is 5.03 Å². The molecule has 2 aromatic heterocycles. The van der Waals surface area contributed by atoms with Gasteiger partial charge in [-0.25, -0.2) is 15.0 Å². The number of carbonyl (C=O) groups excluding carboxylic acids is 1. The van der Waals surface area contributed by atoms with E-state index in [0.29, 0.717) is 15.9 Å². The summed E-state index contributed by atoms with van der Waals surface area (Å²) in [7, 11) is 0. The first-order chi connectivity index (χ1) is 8.56. The van der Waals surface area contributed by atoms with Crippen LogP contribution >= 0.6 is 11.8 Å². The summed E-state index contributed by atoms with van der Waals surface area (Å²) in [5.74, 6) is -0.579. The number of aromatic nitrogens is 3. The molecule has 0 atom stereocenters. The predicted molar refractivity (Wildman–Crippen MR) is 68.1 cm³/mol. The standard InChI is InChI=1S/C11H11N5OS/c1-6-3-15-11(16-4-6)18-10-8(9(13)17)2-7(12)5-14-10/h2-5H,12H2,1H3,(H2,13,17). The van der Waals surface area contributed by atoms with Crippen molar-refractivity contribution in [1.29, 1.82) is 0 Å². The van der Waals surface area contributed by atoms with Crippen LogP contribution in [-0.4, -0.2) is 20.9 Å². The number of nitrogens with zero attached hydrogens (tertiary/aromatic N) is 3. The number of amides is 1. The zero-order chi connectivity index (χ0) is 13.1. The molecule has 0 aromatic carbocycles. The highest BCUT2D eigenvalue weighted by molar-refractivity contribution is 7.99. The number of nitrogens with two attached hydrogens (primary N) is 2. The minimum Gasteiger partial charge on any atom is -0.397 e. The molecule has 0 aliphatic carbocycles. The van der Waals surface area contributed by atoms with E-state index in [1.165, 1.54) is 24.0 Å². The van der Waals surface area contributed by atoms with E-state index in [-0.39, 0.29) is 5.56 Å². The van der Waals surface area contributed by atoms with Crippen molar-refractivity contribution in [2.45, 2.75) is 17.1 Å². The lowest BCUT2D eigenvalue weighted by molar-refractivity contribution is 0.0997. The molecule has 1 amide bonds. The number of hydrogen-bond acceptors (Lipinski definition) is 6. The summed E-state index contributed by atoms with van der Waals surface area (Å²) in [6.45, 7) is 1.89. The molecule has 0 spiro atoms. The van der Waals surface area contributed by atoms with Crippen molar-refractivity contribution >= 4 is 23.4 Å². The Morgan fingerprint density at radius 1 is 1.22 bits per heavy atom. The molecular weight excluding hydrogens is 250 g/mol. The first-order valence-electron chi connectivity index (χ1n) is 5.08. The summed E-state index contributed by atoms with van der Waals surface area (Å²) < 4.78 is 0. The van der Waals surface area contributed by atoms with Gasteiger partial charge in [0, 0.05) is 12.4 Å². The van der Waals surface area contributed by atoms with Crippen molar-refractivity contribution < 1.29 is 4.79 Å². The van der Waals surface area contributed by atoms with Crippen LogP contribution < -0.4 is 11.5 Å². The number of carbonyl (C=O) groups is 1. The normalized spacial score (nSPS) is 10.3. The first kappa shape index (κ1) is 12.3. The van der Waals surface area contributed by atoms with Crippen LogP contribution in [0.15, 0.2) is 34.8 Å². The molecule has 18 heavy (non-hydrogen) atoms. The molecule has 2 heterocycles. The Hall–Kier alpha value is -2.15. The molecule has 0 radical (unpaired) electrons. The van der Waals surface area contributed by atoms with E-state index in [9.17, 15) is 4.79 Å². The minimum atomic E-state index is -0.579. The lowest BCUT2D eigenvalue weighted by Gasteiger charge is -2.05. The molecule has 0 saturated heterocycles. The van der Waals surface area contributed by atoms with Crippen molar-refractivity contribution in [1.82, 2.24) is 15.0 Å². The molecule has 2 aromatic rings. The molecule has 6 nitrogen and oxygen atoms in total. The fraction of sp³-hybridized carbons (Fsp3) is 0.0909. The van der Waals surface area contributed by atoms with Crippen LogP contribution in [0.3, 0.4) is 0 Å². The van der Waals surface area contributed by atoms with Gasteiger partial charge in [0.05, 0.1) is 17.4 Å². The maximum atomic E-state index is 11.3. The summed E-state index contributed by atoms with van der Waals surface area (Å²) in [4.78, 5) is 23.6. The average Bonchev–Trinajstić information content (AvgIpc) is 2.34. The Morgan fingerprint density at radius 2 is 1.89 bits per heavy atom. The van der Waals surface area contributed by atoms with Crippen molar-refractivity contribution in [3.05, 3.63) is 35.8 Å². The molecule has 0 saturated carbocycles. The number of nitrogen functional groups attached to an aromatic ring is 1. The Bertz CT molecular complexity index is 584. The van der Waals surface area contributed by atoms with Gasteiger partial charge in [-0.15, -0.1) is 0 Å². The molecule has 2 rings (SSSR count). The van der Waals surface area contributed by atoms with Crippen molar-refractivity contribution in [2.75, 3.05) is 5.73 Å². The van der Waals surface area contributed by atoms with Crippen LogP contribution in [0.1, 0.15) is 15.9 Å². The molecule has 0 bridgehead atoms. The van der Waals surface area contributed by atoms with E-state index in [1.54, 1.807) is 12.4 Å². The van der Waals surface area contributed by atoms with Gasteiger partial charge in [-0.2, -0.15) is 0 Å². The highest BCUT2D eigenvalue weighted by Gasteiger charge is 2.12. The third-order valence-electron chi connectivity index (χ3n) is 2.08. The molecule has 0 fully saturated rings. The number of primary amides is 1. The molecular formula is C11H11N5OS. The number of anilines is 1. The van der Waals surface area contributed by atoms with E-state index in [4.69, 9.17) is 11.5 Å². The smallest absolute Gasteiger partial charge is 0.251 e. The first-order valence-corrected chi connectivity index (χ1v) is 5.90. The second kappa shape index (κ2) is 5.01. The Balaban J connectivity index is 2.34. The van der Waals surface area contributed by atoms with Crippen LogP contribution in [0.4, 0.5) is 5.69 Å². The van der Waals surface area contributed by atoms with Crippen LogP contribution in [-0.2, 0) is 0 Å². The average molecular weight is 261 g/mol. The fourth-order valence-corrected chi connectivity index (χ4v) is 2.00. The van der Waals surface area contributed by atoms with Crippen molar-refractivity contribution in [3.8, 4) is 0 Å². The molecule has 0 unspecified atom stereocenters. The van der Waals surface area contributed by atoms with Gasteiger partial charge in [-0.3, -0.25) is 4.79 Å². The van der Waals surface area contributed by atoms with Gasteiger partial charge in [-0.05, 0) is 30.3 Å². The second-order valence-corrected chi connectivity index (χ2v) is 4.59. The third kappa shape index (κ3) is 2.75. The van der Waals surface area contributed by atoms with E-state index >= 15 is 0 Å². The quantitative estimate of drug-likeness (QED) is 0.798. The van der Waals surface area contributed by atoms with Crippen molar-refractivity contribution in [3.63, 3.8) is 0 Å². The van der Waals surface area contributed by atoms with Crippen LogP contribution in [0, 0.1) is 6.92 Å². The van der Waals surface area contributed by atoms with Crippen LogP contribution in [0.2, 0.25) is 0 Å². The van der Waals surface area contributed by atoms with Gasteiger partial charge >= 0.3 is 0 Å². The summed E-state index contributed by atoms with van der Waals surface area (Å²) in [5, 5.41) is 0.945. The Morgan fingerprint density at radius 3 is 2.50 bits per heavy atom. The van der Waals surface area contributed by atoms with Gasteiger partial charge in [-0.1, -0.05) is 0 Å². The Labute approximate surface area is 108 Å². The highest BCUT2D eigenvalue weighted by Crippen LogP contribution is 2.26. The van der Waals surface area contributed by atoms with Crippen LogP contribution in [0.5, 0.6) is 0 Å². The van der Waals surface area contributed by atoms with Crippen LogP contribution in [0.25, 0.3) is 0 Å². The van der Waals surface area contributed by atoms with E-state index < -0.39 is 5.91 Å². The lowest BCUT2D eigenvalue weighted by Crippen LogP contribution is -2.13. The predicted octanol–water partition coefficient (Wildman–Crippen LogP) is 1.01. The molecule has 7 heteroatoms. The molecule has 0 aliphatic heterocycles. The monoisotopic (exact) mass is 261 g/mol. The maximum Gasteiger partial charge on any atom is 0.251 e. The summed E-state index contributed by atoms with van der Waals surface area (Å²) in [6, 6.07) is 1.49. The fourth-order valence-electron chi connectivity index (χ4n) is 1.25. The third-order valence-corrected chi connectivity index (χ3v) is 3.00. The van der Waals surface area contributed by atoms with Crippen molar-refractivity contribution in [2.24, 2.45) is 5.73 Å². The second-order valence-electron chi connectivity index (χ2n) is 3.63. The number of aryl methyl sites for hydroxylation is 1. The summed E-state index contributed by atoms with van der Waals surface area (Å²) in [5.41, 5.74) is 12.5. The summed E-state index contributed by atoms with van der Waals surface area (Å²) >= 11 is 1.17. The largest absolute Gasteiger partial charge is 0.397 e. The number of rotatable bonds is 3. The number of pyridine rings is 1. The summed E-state index contributed by atoms with van der Waals surface area (Å²) in [6.07, 6.45) is 4.84. The zero-order valence-corrected chi connectivity index (χ0v) is 10.4. The maximum absolute atomic E-state index is 11.3. The number of hydrogen-bond donors (Lipinski definition) is 2. The molecule has 4 N–H and O–H groups in total. The van der Waals surface area contributed by atoms with Gasteiger partial charge in [0.25, 0.3) is 5.91 Å². The van der Waals surface area contributed by atoms with Gasteiger partial charge in [0.15, 0.2) is 5.16 Å². The molecule has 0 aliphatic rings. The Kier molecular flexibility index (Phi) is 3.42. The highest BCUT2D eigenvalue weighted by atomic mass is 32.2. The lowest BCUT2D eigenvalue weighted by atomic mass is 10.2.